The van der Waals surface area contributed by atoms with Gasteiger partial charge in [-0.25, -0.2) is 19.9 Å². The van der Waals surface area contributed by atoms with E-state index in [1.165, 1.54) is 5.39 Å². The summed E-state index contributed by atoms with van der Waals surface area (Å²) in [5.74, 6) is 2.07. The lowest BCUT2D eigenvalue weighted by Gasteiger charge is -2.37. The second kappa shape index (κ2) is 6.32. The first-order chi connectivity index (χ1) is 11.7. The summed E-state index contributed by atoms with van der Waals surface area (Å²) in [5, 5.41) is 3.25. The van der Waals surface area contributed by atoms with Gasteiger partial charge in [-0.1, -0.05) is 0 Å². The van der Waals surface area contributed by atoms with E-state index in [0.29, 0.717) is 6.04 Å². The second-order valence-electron chi connectivity index (χ2n) is 6.18. The van der Waals surface area contributed by atoms with Crippen LogP contribution in [0.3, 0.4) is 0 Å². The fourth-order valence-corrected chi connectivity index (χ4v) is 4.04. The summed E-state index contributed by atoms with van der Waals surface area (Å²) in [6, 6.07) is 4.67. The summed E-state index contributed by atoms with van der Waals surface area (Å²) in [4.78, 5) is 23.2. The predicted octanol–water partition coefficient (Wildman–Crippen LogP) is 2.89. The molecular weight excluding hydrogens is 320 g/mol. The summed E-state index contributed by atoms with van der Waals surface area (Å²) in [7, 11) is 2.13. The number of anilines is 2. The topological polar surface area (TPSA) is 58.0 Å². The number of hydrogen-bond acceptors (Lipinski definition) is 7. The van der Waals surface area contributed by atoms with Gasteiger partial charge in [0.15, 0.2) is 0 Å². The van der Waals surface area contributed by atoms with Crippen LogP contribution < -0.4 is 9.80 Å². The van der Waals surface area contributed by atoms with Crippen LogP contribution in [0.25, 0.3) is 10.2 Å². The van der Waals surface area contributed by atoms with Crippen molar-refractivity contribution in [3.05, 3.63) is 35.9 Å². The smallest absolute Gasteiger partial charge is 0.140 e. The minimum Gasteiger partial charge on any atom is -0.356 e. The summed E-state index contributed by atoms with van der Waals surface area (Å²) < 4.78 is 0. The molecule has 6 nitrogen and oxygen atoms in total. The zero-order chi connectivity index (χ0) is 16.5. The fourth-order valence-electron chi connectivity index (χ4n) is 3.31. The van der Waals surface area contributed by atoms with E-state index in [1.807, 2.05) is 13.0 Å². The van der Waals surface area contributed by atoms with Crippen LogP contribution in [-0.2, 0) is 0 Å². The van der Waals surface area contributed by atoms with Gasteiger partial charge in [-0.15, -0.1) is 11.3 Å². The van der Waals surface area contributed by atoms with Gasteiger partial charge in [-0.05, 0) is 31.2 Å². The van der Waals surface area contributed by atoms with Gasteiger partial charge in [0.1, 0.15) is 29.1 Å². The number of fused-ring (bicyclic) bond motifs is 1. The first-order valence-corrected chi connectivity index (χ1v) is 9.05. The average molecular weight is 340 g/mol. The molecule has 24 heavy (non-hydrogen) atoms. The number of aryl methyl sites for hydroxylation is 1. The molecule has 1 fully saturated rings. The normalized spacial score (nSPS) is 15.8. The van der Waals surface area contributed by atoms with E-state index in [1.54, 1.807) is 24.0 Å². The van der Waals surface area contributed by atoms with Gasteiger partial charge in [-0.3, -0.25) is 0 Å². The molecule has 0 aliphatic carbocycles. The van der Waals surface area contributed by atoms with Gasteiger partial charge in [0.05, 0.1) is 5.39 Å². The Morgan fingerprint density at radius 1 is 1.12 bits per heavy atom. The Labute approximate surface area is 145 Å². The van der Waals surface area contributed by atoms with Crippen molar-refractivity contribution in [3.8, 4) is 0 Å². The average Bonchev–Trinajstić information content (AvgIpc) is 3.10. The Morgan fingerprint density at radius 3 is 2.71 bits per heavy atom. The Bertz CT molecular complexity index is 840. The molecule has 0 atom stereocenters. The molecule has 3 aromatic rings. The lowest BCUT2D eigenvalue weighted by Crippen LogP contribution is -2.44. The van der Waals surface area contributed by atoms with Crippen molar-refractivity contribution < 1.29 is 0 Å². The van der Waals surface area contributed by atoms with Gasteiger partial charge in [-0.2, -0.15) is 0 Å². The molecule has 0 bridgehead atoms. The SMILES string of the molecule is Cc1cc(N(C)C2CCN(c3ncnc4sccc34)CC2)ncn1. The first-order valence-electron chi connectivity index (χ1n) is 8.17. The summed E-state index contributed by atoms with van der Waals surface area (Å²) >= 11 is 1.67. The second-order valence-corrected chi connectivity index (χ2v) is 7.08. The van der Waals surface area contributed by atoms with Gasteiger partial charge >= 0.3 is 0 Å². The highest BCUT2D eigenvalue weighted by molar-refractivity contribution is 7.16. The Kier molecular flexibility index (Phi) is 4.02. The highest BCUT2D eigenvalue weighted by Crippen LogP contribution is 2.29. The van der Waals surface area contributed by atoms with Crippen LogP contribution >= 0.6 is 11.3 Å². The van der Waals surface area contributed by atoms with Crippen LogP contribution in [0.5, 0.6) is 0 Å². The molecule has 124 valence electrons. The van der Waals surface area contributed by atoms with Crippen molar-refractivity contribution in [2.24, 2.45) is 0 Å². The van der Waals surface area contributed by atoms with Crippen LogP contribution in [-0.4, -0.2) is 46.1 Å². The maximum absolute atomic E-state index is 4.53. The number of aromatic nitrogens is 4. The van der Waals surface area contributed by atoms with Crippen molar-refractivity contribution in [1.82, 2.24) is 19.9 Å². The first kappa shape index (κ1) is 15.3. The van der Waals surface area contributed by atoms with E-state index < -0.39 is 0 Å². The number of rotatable bonds is 3. The standard InChI is InChI=1S/C17H20N6S/c1-12-9-15(19-10-18-12)22(2)13-3-6-23(7-4-13)16-14-5-8-24-17(14)21-11-20-16/h5,8-11,13H,3-4,6-7H2,1-2H3. The lowest BCUT2D eigenvalue weighted by atomic mass is 10.0. The summed E-state index contributed by atoms with van der Waals surface area (Å²) in [6.07, 6.45) is 5.50. The van der Waals surface area contributed by atoms with E-state index in [9.17, 15) is 0 Å². The molecule has 0 radical (unpaired) electrons. The molecule has 0 amide bonds. The molecule has 7 heteroatoms. The number of thiophene rings is 1. The van der Waals surface area contributed by atoms with E-state index >= 15 is 0 Å². The molecule has 4 rings (SSSR count). The van der Waals surface area contributed by atoms with Crippen molar-refractivity contribution in [2.45, 2.75) is 25.8 Å². The van der Waals surface area contributed by atoms with Crippen molar-refractivity contribution in [2.75, 3.05) is 29.9 Å². The van der Waals surface area contributed by atoms with Gasteiger partial charge in [0, 0.05) is 37.9 Å². The molecular formula is C17H20N6S. The third-order valence-corrected chi connectivity index (χ3v) is 5.52. The Hall–Kier alpha value is -2.28. The minimum atomic E-state index is 0.496. The van der Waals surface area contributed by atoms with E-state index in [-0.39, 0.29) is 0 Å². The fraction of sp³-hybridized carbons (Fsp3) is 0.412. The number of nitrogens with zero attached hydrogens (tertiary/aromatic N) is 6. The largest absolute Gasteiger partial charge is 0.356 e. The van der Waals surface area contributed by atoms with Crippen molar-refractivity contribution >= 4 is 33.2 Å². The highest BCUT2D eigenvalue weighted by atomic mass is 32.1. The van der Waals surface area contributed by atoms with Crippen LogP contribution in [0, 0.1) is 6.92 Å². The highest BCUT2D eigenvalue weighted by Gasteiger charge is 2.25. The van der Waals surface area contributed by atoms with Gasteiger partial charge in [0.2, 0.25) is 0 Å². The summed E-state index contributed by atoms with van der Waals surface area (Å²) in [5.41, 5.74) is 1.00. The van der Waals surface area contributed by atoms with Crippen molar-refractivity contribution in [1.29, 1.82) is 0 Å². The Morgan fingerprint density at radius 2 is 1.92 bits per heavy atom. The van der Waals surface area contributed by atoms with E-state index in [2.05, 4.69) is 48.2 Å². The quantitative estimate of drug-likeness (QED) is 0.731. The number of hydrogen-bond donors (Lipinski definition) is 0. The molecule has 0 saturated carbocycles. The van der Waals surface area contributed by atoms with E-state index in [0.717, 1.165) is 48.1 Å². The molecule has 0 unspecified atom stereocenters. The van der Waals surface area contributed by atoms with Crippen LogP contribution in [0.15, 0.2) is 30.2 Å². The maximum Gasteiger partial charge on any atom is 0.140 e. The third kappa shape index (κ3) is 2.80. The molecule has 0 aromatic carbocycles. The molecule has 0 spiro atoms. The summed E-state index contributed by atoms with van der Waals surface area (Å²) in [6.45, 7) is 4.00. The molecule has 1 aliphatic rings. The molecule has 0 N–H and O–H groups in total. The number of piperidine rings is 1. The van der Waals surface area contributed by atoms with Crippen LogP contribution in [0.1, 0.15) is 18.5 Å². The molecule has 1 saturated heterocycles. The van der Waals surface area contributed by atoms with Gasteiger partial charge < -0.3 is 9.80 Å². The zero-order valence-electron chi connectivity index (χ0n) is 13.9. The molecule has 3 aromatic heterocycles. The lowest BCUT2D eigenvalue weighted by molar-refractivity contribution is 0.478. The monoisotopic (exact) mass is 340 g/mol. The van der Waals surface area contributed by atoms with E-state index in [4.69, 9.17) is 0 Å². The predicted molar refractivity (Wildman–Crippen MR) is 97.8 cm³/mol. The Balaban J connectivity index is 1.48. The van der Waals surface area contributed by atoms with Crippen molar-refractivity contribution in [3.63, 3.8) is 0 Å². The van der Waals surface area contributed by atoms with Crippen LogP contribution in [0.4, 0.5) is 11.6 Å². The maximum atomic E-state index is 4.53. The molecule has 1 aliphatic heterocycles. The minimum absolute atomic E-state index is 0.496. The van der Waals surface area contributed by atoms with Crippen LogP contribution in [0.2, 0.25) is 0 Å². The molecule has 4 heterocycles. The van der Waals surface area contributed by atoms with Gasteiger partial charge in [0.25, 0.3) is 0 Å². The zero-order valence-corrected chi connectivity index (χ0v) is 14.7. The third-order valence-electron chi connectivity index (χ3n) is 4.70.